The first-order chi connectivity index (χ1) is 30.6. The van der Waals surface area contributed by atoms with Gasteiger partial charge in [0.15, 0.2) is 6.10 Å². The predicted molar refractivity (Wildman–Crippen MR) is 270 cm³/mol. The average molecular weight is 873 g/mol. The highest BCUT2D eigenvalue weighted by Crippen LogP contribution is 2.16. The van der Waals surface area contributed by atoms with E-state index in [0.717, 1.165) is 44.9 Å². The van der Waals surface area contributed by atoms with Crippen molar-refractivity contribution in [2.75, 3.05) is 19.8 Å². The van der Waals surface area contributed by atoms with Crippen LogP contribution < -0.4 is 0 Å². The predicted octanol–water partition coefficient (Wildman–Crippen LogP) is 18.8. The smallest absolute Gasteiger partial charge is 0.306 e. The van der Waals surface area contributed by atoms with Gasteiger partial charge in [-0.2, -0.15) is 0 Å². The second-order valence-electron chi connectivity index (χ2n) is 18.9. The molecular formula is C57H108O5. The van der Waals surface area contributed by atoms with Crippen molar-refractivity contribution in [1.82, 2.24) is 0 Å². The van der Waals surface area contributed by atoms with Crippen LogP contribution in [0.1, 0.15) is 303 Å². The second kappa shape index (κ2) is 53.7. The summed E-state index contributed by atoms with van der Waals surface area (Å²) in [4.78, 5) is 25.4. The normalized spacial score (nSPS) is 12.2. The van der Waals surface area contributed by atoms with Gasteiger partial charge in [-0.15, -0.1) is 0 Å². The Balaban J connectivity index is 4.17. The Labute approximate surface area is 387 Å². The maximum atomic E-state index is 12.8. The molecule has 0 aliphatic carbocycles. The first-order valence-electron chi connectivity index (χ1n) is 27.9. The molecule has 0 saturated carbocycles. The molecular weight excluding hydrogens is 765 g/mol. The third kappa shape index (κ3) is 51.0. The van der Waals surface area contributed by atoms with Crippen LogP contribution in [0.4, 0.5) is 0 Å². The van der Waals surface area contributed by atoms with Crippen LogP contribution in [0.15, 0.2) is 24.3 Å². The molecule has 0 N–H and O–H groups in total. The fourth-order valence-corrected chi connectivity index (χ4v) is 8.31. The SMILES string of the molecule is CCCCC/C=C\C/C=C\CCCCCCCCCCOCC(COC(=O)CCCCCCCCCCCCCCCCCCC)OC(=O)CCCCCCCCCCCCC. The van der Waals surface area contributed by atoms with E-state index in [1.165, 1.54) is 225 Å². The van der Waals surface area contributed by atoms with Crippen LogP contribution in [0.2, 0.25) is 0 Å². The van der Waals surface area contributed by atoms with Crippen molar-refractivity contribution in [2.24, 2.45) is 0 Å². The molecule has 0 saturated heterocycles. The van der Waals surface area contributed by atoms with E-state index in [2.05, 4.69) is 45.1 Å². The van der Waals surface area contributed by atoms with Gasteiger partial charge in [0, 0.05) is 19.4 Å². The summed E-state index contributed by atoms with van der Waals surface area (Å²) in [5.41, 5.74) is 0. The molecule has 0 spiro atoms. The lowest BCUT2D eigenvalue weighted by Gasteiger charge is -2.18. The molecule has 0 heterocycles. The molecule has 5 heteroatoms. The number of ether oxygens (including phenoxy) is 3. The Hall–Kier alpha value is -1.62. The summed E-state index contributed by atoms with van der Waals surface area (Å²) in [6.07, 6.45) is 63.3. The quantitative estimate of drug-likeness (QED) is 0.0346. The Kier molecular flexibility index (Phi) is 52.3. The van der Waals surface area contributed by atoms with E-state index in [0.29, 0.717) is 26.1 Å². The molecule has 0 aromatic rings. The minimum absolute atomic E-state index is 0.0910. The van der Waals surface area contributed by atoms with Gasteiger partial charge in [0.1, 0.15) is 6.61 Å². The van der Waals surface area contributed by atoms with Gasteiger partial charge in [0.05, 0.1) is 6.61 Å². The van der Waals surface area contributed by atoms with Gasteiger partial charge in [-0.25, -0.2) is 0 Å². The lowest BCUT2D eigenvalue weighted by Crippen LogP contribution is -2.30. The molecule has 0 aromatic carbocycles. The maximum absolute atomic E-state index is 12.8. The molecule has 0 amide bonds. The van der Waals surface area contributed by atoms with Gasteiger partial charge >= 0.3 is 11.9 Å². The van der Waals surface area contributed by atoms with E-state index in [4.69, 9.17) is 14.2 Å². The molecule has 5 nitrogen and oxygen atoms in total. The van der Waals surface area contributed by atoms with Crippen molar-refractivity contribution in [1.29, 1.82) is 0 Å². The second-order valence-corrected chi connectivity index (χ2v) is 18.9. The Morgan fingerprint density at radius 1 is 0.355 bits per heavy atom. The van der Waals surface area contributed by atoms with E-state index in [9.17, 15) is 9.59 Å². The summed E-state index contributed by atoms with van der Waals surface area (Å²) >= 11 is 0. The molecule has 0 aromatic heterocycles. The highest BCUT2D eigenvalue weighted by atomic mass is 16.6. The van der Waals surface area contributed by atoms with Crippen molar-refractivity contribution >= 4 is 11.9 Å². The number of unbranched alkanes of at least 4 members (excludes halogenated alkanes) is 37. The van der Waals surface area contributed by atoms with Crippen molar-refractivity contribution in [2.45, 2.75) is 309 Å². The molecule has 62 heavy (non-hydrogen) atoms. The van der Waals surface area contributed by atoms with Crippen LogP contribution in [-0.4, -0.2) is 37.9 Å². The molecule has 0 bridgehead atoms. The summed E-state index contributed by atoms with van der Waals surface area (Å²) in [7, 11) is 0. The number of hydrogen-bond acceptors (Lipinski definition) is 5. The molecule has 0 aliphatic rings. The van der Waals surface area contributed by atoms with E-state index >= 15 is 0 Å². The molecule has 0 fully saturated rings. The monoisotopic (exact) mass is 873 g/mol. The zero-order valence-electron chi connectivity index (χ0n) is 42.2. The van der Waals surface area contributed by atoms with Gasteiger partial charge in [-0.1, -0.05) is 263 Å². The van der Waals surface area contributed by atoms with Gasteiger partial charge in [0.25, 0.3) is 0 Å². The van der Waals surface area contributed by atoms with Gasteiger partial charge in [-0.05, 0) is 51.4 Å². The van der Waals surface area contributed by atoms with Crippen molar-refractivity contribution in [3.8, 4) is 0 Å². The Morgan fingerprint density at radius 2 is 0.677 bits per heavy atom. The first kappa shape index (κ1) is 60.4. The number of allylic oxidation sites excluding steroid dienone is 4. The Morgan fingerprint density at radius 3 is 1.10 bits per heavy atom. The zero-order chi connectivity index (χ0) is 44.9. The summed E-state index contributed by atoms with van der Waals surface area (Å²) in [5, 5.41) is 0. The minimum Gasteiger partial charge on any atom is -0.462 e. The standard InChI is InChI=1S/C57H108O5/c1-4-7-10-13-16-19-22-24-26-28-30-32-34-37-40-43-46-49-52-60-53-55(62-57(59)51-48-45-42-39-35-21-18-15-12-9-6-3)54-61-56(58)50-47-44-41-38-36-33-31-29-27-25-23-20-17-14-11-8-5-2/h16,19,24,26,55H,4-15,17-18,20-23,25,27-54H2,1-3H3/b19-16-,26-24-. The van der Waals surface area contributed by atoms with Crippen LogP contribution >= 0.6 is 0 Å². The fraction of sp³-hybridized carbons (Fsp3) is 0.895. The van der Waals surface area contributed by atoms with Gasteiger partial charge in [0.2, 0.25) is 0 Å². The molecule has 0 rings (SSSR count). The van der Waals surface area contributed by atoms with Crippen LogP contribution in [-0.2, 0) is 23.8 Å². The number of carbonyl (C=O) groups excluding carboxylic acids is 2. The lowest BCUT2D eigenvalue weighted by atomic mass is 10.0. The van der Waals surface area contributed by atoms with E-state index in [-0.39, 0.29) is 18.5 Å². The number of hydrogen-bond donors (Lipinski definition) is 0. The largest absolute Gasteiger partial charge is 0.462 e. The molecule has 0 radical (unpaired) electrons. The highest BCUT2D eigenvalue weighted by Gasteiger charge is 2.17. The minimum atomic E-state index is -0.531. The summed E-state index contributed by atoms with van der Waals surface area (Å²) in [5.74, 6) is -0.380. The fourth-order valence-electron chi connectivity index (χ4n) is 8.31. The third-order valence-electron chi connectivity index (χ3n) is 12.5. The first-order valence-corrected chi connectivity index (χ1v) is 27.9. The van der Waals surface area contributed by atoms with Gasteiger partial charge in [-0.3, -0.25) is 9.59 Å². The Bertz CT molecular complexity index is 943. The van der Waals surface area contributed by atoms with Crippen molar-refractivity contribution < 1.29 is 23.8 Å². The van der Waals surface area contributed by atoms with Crippen molar-refractivity contribution in [3.05, 3.63) is 24.3 Å². The molecule has 1 atom stereocenters. The number of rotatable bonds is 52. The van der Waals surface area contributed by atoms with Crippen molar-refractivity contribution in [3.63, 3.8) is 0 Å². The van der Waals surface area contributed by atoms with Crippen LogP contribution in [0, 0.1) is 0 Å². The van der Waals surface area contributed by atoms with E-state index < -0.39 is 6.10 Å². The molecule has 0 aliphatic heterocycles. The summed E-state index contributed by atoms with van der Waals surface area (Å²) < 4.78 is 17.4. The highest BCUT2D eigenvalue weighted by molar-refractivity contribution is 5.70. The zero-order valence-corrected chi connectivity index (χ0v) is 42.2. The summed E-state index contributed by atoms with van der Waals surface area (Å²) in [6, 6.07) is 0. The lowest BCUT2D eigenvalue weighted by molar-refractivity contribution is -0.163. The number of esters is 2. The number of carbonyl (C=O) groups is 2. The third-order valence-corrected chi connectivity index (χ3v) is 12.5. The molecule has 366 valence electrons. The topological polar surface area (TPSA) is 61.8 Å². The van der Waals surface area contributed by atoms with Gasteiger partial charge < -0.3 is 14.2 Å². The molecule has 1 unspecified atom stereocenters. The van der Waals surface area contributed by atoms with Crippen LogP contribution in [0.3, 0.4) is 0 Å². The van der Waals surface area contributed by atoms with Crippen LogP contribution in [0.5, 0.6) is 0 Å². The van der Waals surface area contributed by atoms with E-state index in [1.54, 1.807) is 0 Å². The van der Waals surface area contributed by atoms with Crippen LogP contribution in [0.25, 0.3) is 0 Å². The summed E-state index contributed by atoms with van der Waals surface area (Å²) in [6.45, 7) is 7.85. The average Bonchev–Trinajstić information content (AvgIpc) is 3.27. The maximum Gasteiger partial charge on any atom is 0.306 e. The van der Waals surface area contributed by atoms with E-state index in [1.807, 2.05) is 0 Å².